The Morgan fingerprint density at radius 3 is 2.32 bits per heavy atom. The number of alkyl carbamates (subject to hydrolysis) is 1. The van der Waals surface area contributed by atoms with Gasteiger partial charge < -0.3 is 14.8 Å². The molecule has 2 unspecified atom stereocenters. The first kappa shape index (κ1) is 17.4. The third-order valence-corrected chi connectivity index (χ3v) is 5.57. The van der Waals surface area contributed by atoms with Crippen molar-refractivity contribution in [3.8, 4) is 0 Å². The average molecular weight is 329 g/mol. The number of amides is 1. The van der Waals surface area contributed by atoms with Crippen molar-refractivity contribution < 1.29 is 19.1 Å². The zero-order valence-electron chi connectivity index (χ0n) is 13.9. The summed E-state index contributed by atoms with van der Waals surface area (Å²) in [5, 5.41) is 3.67. The highest BCUT2D eigenvalue weighted by molar-refractivity contribution is 8.00. The molecule has 2 fully saturated rings. The molecule has 2 aliphatic rings. The number of ether oxygens (including phenoxy) is 2. The van der Waals surface area contributed by atoms with Crippen molar-refractivity contribution in [1.29, 1.82) is 0 Å². The van der Waals surface area contributed by atoms with Crippen LogP contribution in [0.15, 0.2) is 0 Å². The summed E-state index contributed by atoms with van der Waals surface area (Å²) in [6, 6.07) is 0. The van der Waals surface area contributed by atoms with Crippen LogP contribution in [0.5, 0.6) is 0 Å². The standard InChI is InChI=1S/C16H27NO4S/c1-5-20-13(18)16(17-14(19)21-15(2,3)4)9-11-7-6-8-12(10-16)22-11/h11-12H,5-10H2,1-4H3,(H,17,19). The Morgan fingerprint density at radius 2 is 1.82 bits per heavy atom. The molecule has 1 N–H and O–H groups in total. The van der Waals surface area contributed by atoms with Gasteiger partial charge in [-0.05, 0) is 53.4 Å². The van der Waals surface area contributed by atoms with Gasteiger partial charge in [-0.1, -0.05) is 6.42 Å². The zero-order valence-corrected chi connectivity index (χ0v) is 14.8. The summed E-state index contributed by atoms with van der Waals surface area (Å²) in [5.41, 5.74) is -1.52. The minimum Gasteiger partial charge on any atom is -0.464 e. The van der Waals surface area contributed by atoms with E-state index in [-0.39, 0.29) is 5.97 Å². The third kappa shape index (κ3) is 4.31. The predicted octanol–water partition coefficient (Wildman–Crippen LogP) is 3.26. The topological polar surface area (TPSA) is 64.6 Å². The number of thioether (sulfide) groups is 1. The van der Waals surface area contributed by atoms with E-state index < -0.39 is 17.2 Å². The maximum atomic E-state index is 12.6. The molecule has 6 heteroatoms. The molecule has 22 heavy (non-hydrogen) atoms. The second-order valence-electron chi connectivity index (χ2n) is 7.15. The van der Waals surface area contributed by atoms with Crippen molar-refractivity contribution in [1.82, 2.24) is 5.32 Å². The van der Waals surface area contributed by atoms with E-state index in [0.717, 1.165) is 12.8 Å². The lowest BCUT2D eigenvalue weighted by molar-refractivity contribution is -0.152. The minimum absolute atomic E-state index is 0.319. The molecule has 2 aliphatic heterocycles. The van der Waals surface area contributed by atoms with Crippen molar-refractivity contribution in [2.45, 2.75) is 81.4 Å². The van der Waals surface area contributed by atoms with E-state index in [2.05, 4.69) is 5.32 Å². The fourth-order valence-electron chi connectivity index (χ4n) is 3.23. The summed E-state index contributed by atoms with van der Waals surface area (Å²) in [7, 11) is 0. The number of rotatable bonds is 3. The lowest BCUT2D eigenvalue weighted by Crippen LogP contribution is -2.61. The minimum atomic E-state index is -0.931. The van der Waals surface area contributed by atoms with Crippen molar-refractivity contribution in [3.63, 3.8) is 0 Å². The highest BCUT2D eigenvalue weighted by Gasteiger charge is 2.50. The lowest BCUT2D eigenvalue weighted by atomic mass is 9.82. The Bertz CT molecular complexity index is 420. The molecule has 0 radical (unpaired) electrons. The Hall–Kier alpha value is -0.910. The van der Waals surface area contributed by atoms with E-state index >= 15 is 0 Å². The second kappa shape index (κ2) is 6.69. The van der Waals surface area contributed by atoms with Crippen LogP contribution >= 0.6 is 11.8 Å². The van der Waals surface area contributed by atoms with E-state index in [4.69, 9.17) is 9.47 Å². The van der Waals surface area contributed by atoms with Gasteiger partial charge in [0.2, 0.25) is 0 Å². The highest BCUT2D eigenvalue weighted by atomic mass is 32.2. The van der Waals surface area contributed by atoms with Crippen LogP contribution < -0.4 is 5.32 Å². The third-order valence-electron chi connectivity index (χ3n) is 4.00. The van der Waals surface area contributed by atoms with Crippen LogP contribution in [0.4, 0.5) is 4.79 Å². The van der Waals surface area contributed by atoms with Gasteiger partial charge >= 0.3 is 12.1 Å². The molecule has 5 nitrogen and oxygen atoms in total. The molecule has 0 aromatic rings. The molecule has 0 saturated carbocycles. The average Bonchev–Trinajstić information content (AvgIpc) is 2.36. The Balaban J connectivity index is 2.15. The first-order valence-electron chi connectivity index (χ1n) is 8.08. The van der Waals surface area contributed by atoms with Crippen LogP contribution in [0.25, 0.3) is 0 Å². The molecule has 2 atom stereocenters. The molecular weight excluding hydrogens is 302 g/mol. The highest BCUT2D eigenvalue weighted by Crippen LogP contribution is 2.46. The second-order valence-corrected chi connectivity index (χ2v) is 8.75. The number of esters is 1. The molecule has 0 aromatic heterocycles. The molecule has 2 heterocycles. The molecule has 2 bridgehead atoms. The zero-order chi connectivity index (χ0) is 16.4. The smallest absolute Gasteiger partial charge is 0.408 e. The van der Waals surface area contributed by atoms with Crippen molar-refractivity contribution in [2.24, 2.45) is 0 Å². The van der Waals surface area contributed by atoms with Gasteiger partial charge in [-0.2, -0.15) is 11.8 Å². The molecule has 0 spiro atoms. The van der Waals surface area contributed by atoms with E-state index in [9.17, 15) is 9.59 Å². The van der Waals surface area contributed by atoms with Crippen LogP contribution in [0.2, 0.25) is 0 Å². The maximum Gasteiger partial charge on any atom is 0.408 e. The van der Waals surface area contributed by atoms with Crippen molar-refractivity contribution in [2.75, 3.05) is 6.61 Å². The Kier molecular flexibility index (Phi) is 5.30. The number of fused-ring (bicyclic) bond motifs is 2. The van der Waals surface area contributed by atoms with Crippen LogP contribution in [-0.4, -0.2) is 40.3 Å². The summed E-state index contributed by atoms with van der Waals surface area (Å²) in [6.45, 7) is 7.55. The lowest BCUT2D eigenvalue weighted by Gasteiger charge is -2.45. The Morgan fingerprint density at radius 1 is 1.23 bits per heavy atom. The fourth-order valence-corrected chi connectivity index (χ4v) is 5.14. The van der Waals surface area contributed by atoms with Gasteiger partial charge in [0.25, 0.3) is 0 Å². The van der Waals surface area contributed by atoms with Crippen LogP contribution in [0.3, 0.4) is 0 Å². The fraction of sp³-hybridized carbons (Fsp3) is 0.875. The van der Waals surface area contributed by atoms with Gasteiger partial charge in [-0.3, -0.25) is 0 Å². The predicted molar refractivity (Wildman–Crippen MR) is 87.0 cm³/mol. The molecule has 0 aromatic carbocycles. The number of hydrogen-bond donors (Lipinski definition) is 1. The van der Waals surface area contributed by atoms with Crippen molar-refractivity contribution in [3.05, 3.63) is 0 Å². The molecule has 126 valence electrons. The first-order valence-corrected chi connectivity index (χ1v) is 9.02. The number of hydrogen-bond acceptors (Lipinski definition) is 5. The molecule has 0 aliphatic carbocycles. The van der Waals surface area contributed by atoms with Crippen LogP contribution in [-0.2, 0) is 14.3 Å². The Labute approximate surface area is 136 Å². The summed E-state index contributed by atoms with van der Waals surface area (Å²) in [6.07, 6.45) is 4.12. The summed E-state index contributed by atoms with van der Waals surface area (Å²) < 4.78 is 10.6. The number of nitrogens with one attached hydrogen (secondary N) is 1. The largest absolute Gasteiger partial charge is 0.464 e. The molecule has 2 saturated heterocycles. The van der Waals surface area contributed by atoms with Crippen LogP contribution in [0.1, 0.15) is 59.8 Å². The van der Waals surface area contributed by atoms with E-state index in [1.165, 1.54) is 6.42 Å². The van der Waals surface area contributed by atoms with Gasteiger partial charge in [-0.25, -0.2) is 9.59 Å². The van der Waals surface area contributed by atoms with Crippen molar-refractivity contribution >= 4 is 23.8 Å². The summed E-state index contributed by atoms with van der Waals surface area (Å²) >= 11 is 1.95. The van der Waals surface area contributed by atoms with Gasteiger partial charge in [0.1, 0.15) is 11.1 Å². The monoisotopic (exact) mass is 329 g/mol. The van der Waals surface area contributed by atoms with Gasteiger partial charge in [0, 0.05) is 10.5 Å². The SMILES string of the molecule is CCOC(=O)C1(NC(=O)OC(C)(C)C)CC2CCCC(C1)S2. The van der Waals surface area contributed by atoms with E-state index in [1.54, 1.807) is 6.92 Å². The van der Waals surface area contributed by atoms with E-state index in [0.29, 0.717) is 29.9 Å². The molecule has 1 amide bonds. The quantitative estimate of drug-likeness (QED) is 0.805. The maximum absolute atomic E-state index is 12.6. The van der Waals surface area contributed by atoms with Gasteiger partial charge in [0.15, 0.2) is 0 Å². The summed E-state index contributed by atoms with van der Waals surface area (Å²) in [4.78, 5) is 24.8. The van der Waals surface area contributed by atoms with Gasteiger partial charge in [-0.15, -0.1) is 0 Å². The first-order chi connectivity index (χ1) is 10.2. The number of carbonyl (C=O) groups excluding carboxylic acids is 2. The van der Waals surface area contributed by atoms with Gasteiger partial charge in [0.05, 0.1) is 6.61 Å². The summed E-state index contributed by atoms with van der Waals surface area (Å²) in [5.74, 6) is -0.321. The molecular formula is C16H27NO4S. The van der Waals surface area contributed by atoms with E-state index in [1.807, 2.05) is 32.5 Å². The normalized spacial score (nSPS) is 31.3. The number of carbonyl (C=O) groups is 2. The van der Waals surface area contributed by atoms with Crippen LogP contribution in [0, 0.1) is 0 Å². The molecule has 2 rings (SSSR count).